The van der Waals surface area contributed by atoms with Crippen LogP contribution in [0.15, 0.2) is 24.3 Å². The summed E-state index contributed by atoms with van der Waals surface area (Å²) in [6.45, 7) is 10.2. The Morgan fingerprint density at radius 1 is 1.21 bits per heavy atom. The Morgan fingerprint density at radius 3 is 2.58 bits per heavy atom. The van der Waals surface area contributed by atoms with Crippen molar-refractivity contribution in [2.45, 2.75) is 60.3 Å². The maximum Gasteiger partial charge on any atom is 0.315 e. The normalized spacial score (nSPS) is 12.2. The first-order valence-electron chi connectivity index (χ1n) is 8.82. The van der Waals surface area contributed by atoms with Gasteiger partial charge in [-0.3, -0.25) is 4.79 Å². The van der Waals surface area contributed by atoms with Crippen LogP contribution in [0.25, 0.3) is 5.69 Å². The van der Waals surface area contributed by atoms with Crippen molar-refractivity contribution in [1.29, 1.82) is 0 Å². The van der Waals surface area contributed by atoms with Gasteiger partial charge in [0.1, 0.15) is 0 Å². The molecule has 1 atom stereocenters. The van der Waals surface area contributed by atoms with Crippen LogP contribution in [0.3, 0.4) is 0 Å². The van der Waals surface area contributed by atoms with E-state index in [1.165, 1.54) is 5.56 Å². The molecule has 0 fully saturated rings. The van der Waals surface area contributed by atoms with E-state index in [9.17, 15) is 4.79 Å². The lowest BCUT2D eigenvalue weighted by Gasteiger charge is -2.15. The van der Waals surface area contributed by atoms with E-state index in [4.69, 9.17) is 4.74 Å². The Kier molecular flexibility index (Phi) is 6.18. The molecule has 4 nitrogen and oxygen atoms in total. The van der Waals surface area contributed by atoms with Crippen LogP contribution in [-0.2, 0) is 4.79 Å². The topological polar surface area (TPSA) is 44.1 Å². The van der Waals surface area contributed by atoms with E-state index in [-0.39, 0.29) is 11.9 Å². The van der Waals surface area contributed by atoms with Gasteiger partial charge in [0.25, 0.3) is 0 Å². The summed E-state index contributed by atoms with van der Waals surface area (Å²) < 4.78 is 7.45. The van der Waals surface area contributed by atoms with Crippen molar-refractivity contribution in [2.24, 2.45) is 5.92 Å². The van der Waals surface area contributed by atoms with Crippen LogP contribution < -0.4 is 4.74 Å². The smallest absolute Gasteiger partial charge is 0.315 e. The highest BCUT2D eigenvalue weighted by Gasteiger charge is 2.21. The number of nitrogens with zero attached hydrogens (tertiary/aromatic N) is 2. The lowest BCUT2D eigenvalue weighted by molar-refractivity contribution is -0.139. The Labute approximate surface area is 144 Å². The molecule has 0 saturated heterocycles. The van der Waals surface area contributed by atoms with Crippen molar-refractivity contribution >= 4 is 5.97 Å². The van der Waals surface area contributed by atoms with Crippen LogP contribution >= 0.6 is 0 Å². The summed E-state index contributed by atoms with van der Waals surface area (Å²) in [7, 11) is 0. The molecule has 0 amide bonds. The number of rotatable bonds is 7. The number of unbranched alkanes of at least 4 members (excludes halogenated alkanes) is 1. The molecule has 0 radical (unpaired) electrons. The molecule has 2 rings (SSSR count). The summed E-state index contributed by atoms with van der Waals surface area (Å²) in [5.74, 6) is 0.295. The molecule has 0 aliphatic heterocycles. The Hall–Kier alpha value is -2.10. The number of ether oxygens (including phenoxy) is 1. The number of aromatic nitrogens is 2. The monoisotopic (exact) mass is 328 g/mol. The van der Waals surface area contributed by atoms with Gasteiger partial charge in [-0.05, 0) is 45.2 Å². The van der Waals surface area contributed by atoms with E-state index in [1.54, 1.807) is 4.68 Å². The highest BCUT2D eigenvalue weighted by molar-refractivity contribution is 5.75. The van der Waals surface area contributed by atoms with Gasteiger partial charge in [0.15, 0.2) is 0 Å². The average Bonchev–Trinajstić information content (AvgIpc) is 2.88. The van der Waals surface area contributed by atoms with Crippen LogP contribution in [0.1, 0.15) is 56.4 Å². The maximum absolute atomic E-state index is 12.5. The summed E-state index contributed by atoms with van der Waals surface area (Å²) in [6, 6.07) is 7.99. The number of aryl methyl sites for hydroxylation is 3. The lowest BCUT2D eigenvalue weighted by Crippen LogP contribution is -2.21. The molecule has 1 aromatic heterocycles. The van der Waals surface area contributed by atoms with Gasteiger partial charge in [-0.1, -0.05) is 44.4 Å². The van der Waals surface area contributed by atoms with Crippen LogP contribution in [0.2, 0.25) is 0 Å². The van der Waals surface area contributed by atoms with Crippen molar-refractivity contribution in [3.63, 3.8) is 0 Å². The minimum absolute atomic E-state index is 0.0484. The molecule has 130 valence electrons. The highest BCUT2D eigenvalue weighted by atomic mass is 16.5. The van der Waals surface area contributed by atoms with Crippen molar-refractivity contribution < 1.29 is 9.53 Å². The second kappa shape index (κ2) is 8.13. The number of esters is 1. The van der Waals surface area contributed by atoms with Gasteiger partial charge >= 0.3 is 5.97 Å². The molecule has 0 bridgehead atoms. The zero-order valence-electron chi connectivity index (χ0n) is 15.4. The van der Waals surface area contributed by atoms with Gasteiger partial charge in [-0.2, -0.15) is 5.10 Å². The first-order valence-corrected chi connectivity index (χ1v) is 8.82. The number of hydrogen-bond donors (Lipinski definition) is 0. The zero-order chi connectivity index (χ0) is 17.7. The summed E-state index contributed by atoms with van der Waals surface area (Å²) in [4.78, 5) is 12.5. The largest absolute Gasteiger partial charge is 0.407 e. The fraction of sp³-hybridized carbons (Fsp3) is 0.500. The molecule has 4 heteroatoms. The van der Waals surface area contributed by atoms with E-state index in [1.807, 2.05) is 39.0 Å². The SMILES string of the molecule is CCCCC(CC)C(=O)Oc1cc(C)nn1-c1ccc(C)cc1C. The predicted octanol–water partition coefficient (Wildman–Crippen LogP) is 4.92. The summed E-state index contributed by atoms with van der Waals surface area (Å²) in [5, 5.41) is 4.51. The van der Waals surface area contributed by atoms with Crippen molar-refractivity contribution in [2.75, 3.05) is 0 Å². The third-order valence-electron chi connectivity index (χ3n) is 4.32. The third-order valence-corrected chi connectivity index (χ3v) is 4.32. The van der Waals surface area contributed by atoms with E-state index in [0.29, 0.717) is 5.88 Å². The molecule has 0 aliphatic carbocycles. The Morgan fingerprint density at radius 2 is 1.96 bits per heavy atom. The van der Waals surface area contributed by atoms with E-state index >= 15 is 0 Å². The number of carbonyl (C=O) groups excluding carboxylic acids is 1. The fourth-order valence-electron chi connectivity index (χ4n) is 2.89. The van der Waals surface area contributed by atoms with Gasteiger partial charge in [0, 0.05) is 6.07 Å². The number of benzene rings is 1. The minimum atomic E-state index is -0.156. The number of carbonyl (C=O) groups is 1. The first kappa shape index (κ1) is 18.2. The molecule has 2 aromatic rings. The van der Waals surface area contributed by atoms with E-state index in [2.05, 4.69) is 25.0 Å². The van der Waals surface area contributed by atoms with Crippen molar-refractivity contribution in [3.05, 3.63) is 41.1 Å². The van der Waals surface area contributed by atoms with Crippen LogP contribution in [0.4, 0.5) is 0 Å². The molecule has 0 spiro atoms. The summed E-state index contributed by atoms with van der Waals surface area (Å²) >= 11 is 0. The highest BCUT2D eigenvalue weighted by Crippen LogP contribution is 2.24. The van der Waals surface area contributed by atoms with Gasteiger partial charge < -0.3 is 4.74 Å². The fourth-order valence-corrected chi connectivity index (χ4v) is 2.89. The lowest BCUT2D eigenvalue weighted by atomic mass is 10.00. The molecule has 24 heavy (non-hydrogen) atoms. The number of hydrogen-bond acceptors (Lipinski definition) is 3. The standard InChI is InChI=1S/C20H28N2O2/c1-6-8-9-17(7-2)20(23)24-19-13-16(5)21-22(19)18-11-10-14(3)12-15(18)4/h10-13,17H,6-9H2,1-5H3. The third kappa shape index (κ3) is 4.25. The molecular weight excluding hydrogens is 300 g/mol. The Bertz CT molecular complexity index is 704. The van der Waals surface area contributed by atoms with Crippen LogP contribution in [-0.4, -0.2) is 15.7 Å². The minimum Gasteiger partial charge on any atom is -0.407 e. The Balaban J connectivity index is 2.27. The predicted molar refractivity (Wildman–Crippen MR) is 96.7 cm³/mol. The van der Waals surface area contributed by atoms with Gasteiger partial charge in [-0.25, -0.2) is 4.68 Å². The quantitative estimate of drug-likeness (QED) is 0.678. The molecule has 0 saturated carbocycles. The second-order valence-electron chi connectivity index (χ2n) is 6.49. The summed E-state index contributed by atoms with van der Waals surface area (Å²) in [5.41, 5.74) is 4.08. The van der Waals surface area contributed by atoms with E-state index < -0.39 is 0 Å². The van der Waals surface area contributed by atoms with Gasteiger partial charge in [-0.15, -0.1) is 0 Å². The molecule has 1 heterocycles. The summed E-state index contributed by atoms with van der Waals surface area (Å²) in [6.07, 6.45) is 3.81. The van der Waals surface area contributed by atoms with Gasteiger partial charge in [0.2, 0.25) is 5.88 Å². The van der Waals surface area contributed by atoms with Crippen molar-refractivity contribution in [3.8, 4) is 11.6 Å². The molecular formula is C20H28N2O2. The maximum atomic E-state index is 12.5. The molecule has 1 unspecified atom stereocenters. The average molecular weight is 328 g/mol. The van der Waals surface area contributed by atoms with Crippen LogP contribution in [0, 0.1) is 26.7 Å². The van der Waals surface area contributed by atoms with Crippen molar-refractivity contribution in [1.82, 2.24) is 9.78 Å². The van der Waals surface area contributed by atoms with Crippen LogP contribution in [0.5, 0.6) is 5.88 Å². The molecule has 1 aromatic carbocycles. The molecule has 0 aliphatic rings. The zero-order valence-corrected chi connectivity index (χ0v) is 15.4. The van der Waals surface area contributed by atoms with E-state index in [0.717, 1.165) is 42.6 Å². The first-order chi connectivity index (χ1) is 11.5. The molecule has 0 N–H and O–H groups in total. The van der Waals surface area contributed by atoms with Gasteiger partial charge in [0.05, 0.1) is 17.3 Å². The second-order valence-corrected chi connectivity index (χ2v) is 6.49.